The SMILES string of the molecule is CC(=O)N1c2ccc(C(=O)NCCO[Si](C)(C)C(C)(C)C)cc2[C@H](N)[C@@H](C)[C@@H]1C1CC1. The summed E-state index contributed by atoms with van der Waals surface area (Å²) in [6.07, 6.45) is 2.30. The average molecular weight is 446 g/mol. The zero-order chi connectivity index (χ0) is 23.1. The molecule has 1 heterocycles. The maximum absolute atomic E-state index is 12.8. The van der Waals surface area contributed by atoms with E-state index in [0.717, 1.165) is 24.1 Å². The summed E-state index contributed by atoms with van der Waals surface area (Å²) in [5.41, 5.74) is 8.91. The summed E-state index contributed by atoms with van der Waals surface area (Å²) in [6, 6.07) is 5.50. The first kappa shape index (κ1) is 23.9. The van der Waals surface area contributed by atoms with Crippen LogP contribution >= 0.6 is 0 Å². The quantitative estimate of drug-likeness (QED) is 0.507. The van der Waals surface area contributed by atoms with Crippen LogP contribution in [0.4, 0.5) is 5.69 Å². The van der Waals surface area contributed by atoms with Crippen LogP contribution in [-0.2, 0) is 9.22 Å². The predicted octanol–water partition coefficient (Wildman–Crippen LogP) is 4.22. The fourth-order valence-electron chi connectivity index (χ4n) is 4.32. The van der Waals surface area contributed by atoms with E-state index in [2.05, 4.69) is 46.1 Å². The van der Waals surface area contributed by atoms with Crippen molar-refractivity contribution < 1.29 is 14.0 Å². The van der Waals surface area contributed by atoms with Gasteiger partial charge < -0.3 is 20.4 Å². The lowest BCUT2D eigenvalue weighted by Crippen LogP contribution is -2.51. The van der Waals surface area contributed by atoms with Crippen LogP contribution in [0.25, 0.3) is 0 Å². The molecule has 2 aliphatic rings. The highest BCUT2D eigenvalue weighted by atomic mass is 28.4. The van der Waals surface area contributed by atoms with Gasteiger partial charge >= 0.3 is 0 Å². The Morgan fingerprint density at radius 1 is 1.26 bits per heavy atom. The van der Waals surface area contributed by atoms with Gasteiger partial charge in [0.05, 0.1) is 6.61 Å². The Balaban J connectivity index is 1.71. The van der Waals surface area contributed by atoms with Crippen LogP contribution in [0.5, 0.6) is 0 Å². The number of carbonyl (C=O) groups is 2. The number of carbonyl (C=O) groups excluding carboxylic acids is 2. The molecule has 1 aliphatic heterocycles. The molecule has 3 atom stereocenters. The fourth-order valence-corrected chi connectivity index (χ4v) is 5.37. The Morgan fingerprint density at radius 3 is 2.45 bits per heavy atom. The van der Waals surface area contributed by atoms with Gasteiger partial charge in [0.25, 0.3) is 5.91 Å². The highest BCUT2D eigenvalue weighted by molar-refractivity contribution is 6.74. The third-order valence-corrected chi connectivity index (χ3v) is 12.0. The second-order valence-electron chi connectivity index (χ2n) is 10.7. The van der Waals surface area contributed by atoms with Crippen molar-refractivity contribution in [1.82, 2.24) is 5.32 Å². The molecule has 0 spiro atoms. The number of hydrogen-bond donors (Lipinski definition) is 2. The molecular formula is C24H39N3O3Si. The van der Waals surface area contributed by atoms with E-state index in [-0.39, 0.29) is 34.9 Å². The summed E-state index contributed by atoms with van der Waals surface area (Å²) in [5, 5.41) is 3.11. The minimum Gasteiger partial charge on any atom is -0.415 e. The van der Waals surface area contributed by atoms with Crippen molar-refractivity contribution in [2.24, 2.45) is 17.6 Å². The van der Waals surface area contributed by atoms with Crippen molar-refractivity contribution in [2.45, 2.75) is 77.7 Å². The monoisotopic (exact) mass is 445 g/mol. The summed E-state index contributed by atoms with van der Waals surface area (Å²) >= 11 is 0. The van der Waals surface area contributed by atoms with E-state index in [1.807, 2.05) is 17.0 Å². The minimum absolute atomic E-state index is 0.0388. The van der Waals surface area contributed by atoms with Crippen LogP contribution in [0.3, 0.4) is 0 Å². The van der Waals surface area contributed by atoms with Gasteiger partial charge in [0, 0.05) is 36.8 Å². The van der Waals surface area contributed by atoms with E-state index in [1.54, 1.807) is 13.0 Å². The molecule has 1 aromatic carbocycles. The van der Waals surface area contributed by atoms with Crippen LogP contribution in [0, 0.1) is 11.8 Å². The molecule has 2 amide bonds. The van der Waals surface area contributed by atoms with E-state index in [0.29, 0.717) is 24.6 Å². The number of nitrogens with zero attached hydrogens (tertiary/aromatic N) is 1. The summed E-state index contributed by atoms with van der Waals surface area (Å²) in [5.74, 6) is 0.583. The average Bonchev–Trinajstić information content (AvgIpc) is 3.51. The first-order chi connectivity index (χ1) is 14.3. The van der Waals surface area contributed by atoms with Crippen LogP contribution in [-0.4, -0.2) is 39.3 Å². The maximum Gasteiger partial charge on any atom is 0.251 e. The zero-order valence-corrected chi connectivity index (χ0v) is 21.1. The van der Waals surface area contributed by atoms with Crippen LogP contribution in [0.15, 0.2) is 18.2 Å². The summed E-state index contributed by atoms with van der Waals surface area (Å²) in [7, 11) is -1.83. The Kier molecular flexibility index (Phi) is 6.70. The first-order valence-electron chi connectivity index (χ1n) is 11.5. The molecule has 7 heteroatoms. The first-order valence-corrected chi connectivity index (χ1v) is 14.4. The molecule has 0 radical (unpaired) electrons. The van der Waals surface area contributed by atoms with Gasteiger partial charge in [-0.1, -0.05) is 27.7 Å². The van der Waals surface area contributed by atoms with Crippen LogP contribution < -0.4 is 16.0 Å². The molecule has 31 heavy (non-hydrogen) atoms. The lowest BCUT2D eigenvalue weighted by molar-refractivity contribution is -0.117. The number of nitrogens with one attached hydrogen (secondary N) is 1. The molecule has 1 aliphatic carbocycles. The maximum atomic E-state index is 12.8. The Labute approximate surface area is 188 Å². The van der Waals surface area contributed by atoms with Crippen molar-refractivity contribution in [1.29, 1.82) is 0 Å². The Morgan fingerprint density at radius 2 is 1.90 bits per heavy atom. The van der Waals surface area contributed by atoms with E-state index >= 15 is 0 Å². The van der Waals surface area contributed by atoms with Gasteiger partial charge in [-0.3, -0.25) is 9.59 Å². The van der Waals surface area contributed by atoms with Crippen molar-refractivity contribution >= 4 is 25.8 Å². The predicted molar refractivity (Wildman–Crippen MR) is 128 cm³/mol. The second-order valence-corrected chi connectivity index (χ2v) is 15.5. The summed E-state index contributed by atoms with van der Waals surface area (Å²) in [6.45, 7) is 15.7. The third-order valence-electron chi connectivity index (χ3n) is 7.41. The van der Waals surface area contributed by atoms with E-state index < -0.39 is 8.32 Å². The fraction of sp³-hybridized carbons (Fsp3) is 0.667. The summed E-state index contributed by atoms with van der Waals surface area (Å²) in [4.78, 5) is 27.2. The molecule has 1 aromatic rings. The molecule has 0 bridgehead atoms. The molecule has 1 saturated carbocycles. The molecule has 6 nitrogen and oxygen atoms in total. The van der Waals surface area contributed by atoms with Gasteiger partial charge in [0.1, 0.15) is 0 Å². The Bertz CT molecular complexity index is 845. The summed E-state index contributed by atoms with van der Waals surface area (Å²) < 4.78 is 6.14. The molecule has 0 aromatic heterocycles. The van der Waals surface area contributed by atoms with E-state index in [4.69, 9.17) is 10.2 Å². The third kappa shape index (κ3) is 4.88. The molecule has 172 valence electrons. The largest absolute Gasteiger partial charge is 0.415 e. The Hall–Kier alpha value is -1.70. The topological polar surface area (TPSA) is 84.7 Å². The number of amides is 2. The number of anilines is 1. The normalized spacial score (nSPS) is 24.0. The lowest BCUT2D eigenvalue weighted by atomic mass is 9.80. The van der Waals surface area contributed by atoms with E-state index in [1.165, 1.54) is 0 Å². The highest BCUT2D eigenvalue weighted by Gasteiger charge is 2.46. The van der Waals surface area contributed by atoms with E-state index in [9.17, 15) is 9.59 Å². The number of fused-ring (bicyclic) bond motifs is 1. The van der Waals surface area contributed by atoms with Gasteiger partial charge in [0.15, 0.2) is 8.32 Å². The molecule has 3 rings (SSSR count). The molecule has 0 saturated heterocycles. The lowest BCUT2D eigenvalue weighted by Gasteiger charge is -2.44. The van der Waals surface area contributed by atoms with Crippen LogP contribution in [0.2, 0.25) is 18.1 Å². The van der Waals surface area contributed by atoms with Gasteiger partial charge in [-0.2, -0.15) is 0 Å². The van der Waals surface area contributed by atoms with Crippen molar-refractivity contribution in [2.75, 3.05) is 18.1 Å². The molecular weight excluding hydrogens is 406 g/mol. The number of nitrogens with two attached hydrogens (primary N) is 1. The number of hydrogen-bond acceptors (Lipinski definition) is 4. The van der Waals surface area contributed by atoms with Crippen LogP contribution in [0.1, 0.15) is 69.4 Å². The van der Waals surface area contributed by atoms with Crippen molar-refractivity contribution in [3.63, 3.8) is 0 Å². The zero-order valence-electron chi connectivity index (χ0n) is 20.1. The standard InChI is InChI=1S/C24H39N3O3Si/c1-15-21(25)19-14-18(23(29)26-12-13-30-31(6,7)24(3,4)5)10-11-20(19)27(16(2)28)22(15)17-8-9-17/h10-11,14-15,17,21-22H,8-9,12-13,25H2,1-7H3,(H,26,29)/t15-,21-,22-/m1/s1. The second kappa shape index (κ2) is 8.68. The minimum atomic E-state index is -1.83. The molecule has 0 unspecified atom stereocenters. The number of benzene rings is 1. The van der Waals surface area contributed by atoms with Gasteiger partial charge in [-0.05, 0) is 66.6 Å². The smallest absolute Gasteiger partial charge is 0.251 e. The van der Waals surface area contributed by atoms with Crippen molar-refractivity contribution in [3.05, 3.63) is 29.3 Å². The van der Waals surface area contributed by atoms with Crippen molar-refractivity contribution in [3.8, 4) is 0 Å². The van der Waals surface area contributed by atoms with Gasteiger partial charge in [0.2, 0.25) is 5.91 Å². The highest BCUT2D eigenvalue weighted by Crippen LogP contribution is 2.48. The van der Waals surface area contributed by atoms with Gasteiger partial charge in [-0.25, -0.2) is 0 Å². The van der Waals surface area contributed by atoms with Gasteiger partial charge in [-0.15, -0.1) is 0 Å². The number of rotatable bonds is 6. The molecule has 1 fully saturated rings. The molecule has 3 N–H and O–H groups in total.